The molecule has 0 atom stereocenters. The highest BCUT2D eigenvalue weighted by Crippen LogP contribution is 2.26. The first-order chi connectivity index (χ1) is 9.99. The second-order valence-electron chi connectivity index (χ2n) is 4.74. The number of anilines is 1. The summed E-state index contributed by atoms with van der Waals surface area (Å²) in [5.41, 5.74) is 1.53. The zero-order valence-corrected chi connectivity index (χ0v) is 13.4. The Labute approximate surface area is 132 Å². The van der Waals surface area contributed by atoms with Crippen LogP contribution >= 0.6 is 22.9 Å². The van der Waals surface area contributed by atoms with E-state index in [1.807, 2.05) is 25.2 Å². The van der Waals surface area contributed by atoms with Crippen LogP contribution in [0.2, 0.25) is 4.34 Å². The van der Waals surface area contributed by atoms with E-state index in [0.717, 1.165) is 16.4 Å². The first-order valence-corrected chi connectivity index (χ1v) is 7.57. The van der Waals surface area contributed by atoms with E-state index < -0.39 is 0 Å². The summed E-state index contributed by atoms with van der Waals surface area (Å²) < 4.78 is 0.771. The molecule has 0 saturated carbocycles. The molecule has 112 valence electrons. The van der Waals surface area contributed by atoms with Crippen LogP contribution in [0.25, 0.3) is 0 Å². The Balaban J connectivity index is 2.08. The van der Waals surface area contributed by atoms with E-state index in [-0.39, 0.29) is 10.6 Å². The molecule has 21 heavy (non-hydrogen) atoms. The minimum atomic E-state index is -0.367. The molecule has 0 aliphatic heterocycles. The average molecular weight is 326 g/mol. The molecule has 1 heterocycles. The smallest absolute Gasteiger partial charge is 0.292 e. The van der Waals surface area contributed by atoms with Crippen LogP contribution in [0.1, 0.15) is 10.4 Å². The van der Waals surface area contributed by atoms with Crippen molar-refractivity contribution in [3.05, 3.63) is 55.2 Å². The molecule has 1 aromatic carbocycles. The van der Waals surface area contributed by atoms with Crippen molar-refractivity contribution >= 4 is 34.3 Å². The molecule has 0 fully saturated rings. The van der Waals surface area contributed by atoms with E-state index in [1.165, 1.54) is 4.88 Å². The van der Waals surface area contributed by atoms with E-state index in [2.05, 4.69) is 10.2 Å². The van der Waals surface area contributed by atoms with Gasteiger partial charge in [-0.2, -0.15) is 0 Å². The fraction of sp³-hybridized carbons (Fsp3) is 0.286. The second kappa shape index (κ2) is 6.89. The summed E-state index contributed by atoms with van der Waals surface area (Å²) in [4.78, 5) is 14.0. The molecule has 1 N–H and O–H groups in total. The van der Waals surface area contributed by atoms with Gasteiger partial charge >= 0.3 is 0 Å². The van der Waals surface area contributed by atoms with Crippen molar-refractivity contribution in [1.29, 1.82) is 0 Å². The van der Waals surface area contributed by atoms with Gasteiger partial charge in [0.15, 0.2) is 0 Å². The molecular formula is C14H16ClN3O2S. The van der Waals surface area contributed by atoms with Crippen LogP contribution in [0.4, 0.5) is 11.4 Å². The lowest BCUT2D eigenvalue weighted by Gasteiger charge is -2.16. The molecule has 0 spiro atoms. The number of nitro benzene ring substituents is 1. The molecule has 0 saturated heterocycles. The average Bonchev–Trinajstić information content (AvgIpc) is 2.83. The minimum Gasteiger partial charge on any atom is -0.383 e. The zero-order valence-electron chi connectivity index (χ0n) is 11.8. The van der Waals surface area contributed by atoms with Crippen LogP contribution in [-0.2, 0) is 13.1 Å². The van der Waals surface area contributed by atoms with Gasteiger partial charge in [0.05, 0.1) is 9.26 Å². The van der Waals surface area contributed by atoms with Crippen molar-refractivity contribution < 1.29 is 4.92 Å². The topological polar surface area (TPSA) is 58.4 Å². The fourth-order valence-electron chi connectivity index (χ4n) is 2.11. The third-order valence-electron chi connectivity index (χ3n) is 3.04. The van der Waals surface area contributed by atoms with Crippen molar-refractivity contribution in [2.75, 3.05) is 19.4 Å². The Hall–Kier alpha value is -1.63. The number of halogens is 1. The largest absolute Gasteiger partial charge is 0.383 e. The van der Waals surface area contributed by atoms with Crippen molar-refractivity contribution in [3.8, 4) is 0 Å². The van der Waals surface area contributed by atoms with Gasteiger partial charge < -0.3 is 5.32 Å². The monoisotopic (exact) mass is 325 g/mol. The lowest BCUT2D eigenvalue weighted by atomic mass is 10.1. The Morgan fingerprint density at radius 3 is 2.67 bits per heavy atom. The summed E-state index contributed by atoms with van der Waals surface area (Å²) in [6.07, 6.45) is 0. The van der Waals surface area contributed by atoms with Crippen LogP contribution in [0.15, 0.2) is 30.3 Å². The Bertz CT molecular complexity index is 645. The summed E-state index contributed by atoms with van der Waals surface area (Å²) in [5, 5.41) is 13.9. The molecule has 0 amide bonds. The molecule has 0 radical (unpaired) electrons. The maximum absolute atomic E-state index is 11.1. The van der Waals surface area contributed by atoms with Crippen molar-refractivity contribution in [1.82, 2.24) is 4.90 Å². The molecule has 2 aromatic rings. The molecule has 1 aromatic heterocycles. The van der Waals surface area contributed by atoms with Crippen molar-refractivity contribution in [2.24, 2.45) is 0 Å². The van der Waals surface area contributed by atoms with Crippen LogP contribution in [0.3, 0.4) is 0 Å². The number of hydrogen-bond acceptors (Lipinski definition) is 5. The molecule has 0 aliphatic carbocycles. The summed E-state index contributed by atoms with van der Waals surface area (Å²) in [7, 11) is 3.65. The molecule has 2 rings (SSSR count). The van der Waals surface area contributed by atoms with E-state index in [4.69, 9.17) is 11.6 Å². The number of nitro groups is 1. The predicted octanol–water partition coefficient (Wildman–Crippen LogP) is 3.98. The third kappa shape index (κ3) is 4.17. The molecule has 5 nitrogen and oxygen atoms in total. The Morgan fingerprint density at radius 1 is 1.33 bits per heavy atom. The molecule has 0 unspecified atom stereocenters. The fourth-order valence-corrected chi connectivity index (χ4v) is 3.28. The van der Waals surface area contributed by atoms with Crippen LogP contribution in [0.5, 0.6) is 0 Å². The molecular weight excluding hydrogens is 310 g/mol. The Kier molecular flexibility index (Phi) is 5.17. The number of benzene rings is 1. The molecule has 0 aliphatic rings. The highest BCUT2D eigenvalue weighted by Gasteiger charge is 2.14. The van der Waals surface area contributed by atoms with Crippen LogP contribution in [0, 0.1) is 10.1 Å². The quantitative estimate of drug-likeness (QED) is 0.644. The molecule has 7 heteroatoms. The van der Waals surface area contributed by atoms with Crippen LogP contribution < -0.4 is 5.32 Å². The van der Waals surface area contributed by atoms with Gasteiger partial charge in [-0.3, -0.25) is 15.0 Å². The Morgan fingerprint density at radius 2 is 2.10 bits per heavy atom. The van der Waals surface area contributed by atoms with Gasteiger partial charge in [-0.25, -0.2) is 0 Å². The number of nitrogens with zero attached hydrogens (tertiary/aromatic N) is 2. The summed E-state index contributed by atoms with van der Waals surface area (Å²) in [5.74, 6) is 0. The lowest BCUT2D eigenvalue weighted by molar-refractivity contribution is -0.384. The van der Waals surface area contributed by atoms with Gasteiger partial charge in [-0.05, 0) is 30.8 Å². The van der Waals surface area contributed by atoms with Crippen molar-refractivity contribution in [2.45, 2.75) is 13.1 Å². The number of rotatable bonds is 6. The third-order valence-corrected chi connectivity index (χ3v) is 4.25. The maximum Gasteiger partial charge on any atom is 0.292 e. The van der Waals surface area contributed by atoms with Gasteiger partial charge in [0.1, 0.15) is 5.69 Å². The van der Waals surface area contributed by atoms with Crippen molar-refractivity contribution in [3.63, 3.8) is 0 Å². The standard InChI is InChI=1S/C14H16ClN3O2S/c1-16-12-5-3-10(7-13(12)18(19)20)8-17(2)9-11-4-6-14(15)21-11/h3-7,16H,8-9H2,1-2H3. The van der Waals surface area contributed by atoms with Gasteiger partial charge in [0, 0.05) is 31.1 Å². The summed E-state index contributed by atoms with van der Waals surface area (Å²) in [6.45, 7) is 1.40. The van der Waals surface area contributed by atoms with Crippen LogP contribution in [-0.4, -0.2) is 23.9 Å². The SMILES string of the molecule is CNc1ccc(CN(C)Cc2ccc(Cl)s2)cc1[N+](=O)[O-]. The van der Waals surface area contributed by atoms with Gasteiger partial charge in [-0.15, -0.1) is 11.3 Å². The van der Waals surface area contributed by atoms with E-state index in [9.17, 15) is 10.1 Å². The highest BCUT2D eigenvalue weighted by atomic mass is 35.5. The second-order valence-corrected chi connectivity index (χ2v) is 6.54. The predicted molar refractivity (Wildman–Crippen MR) is 87.1 cm³/mol. The normalized spacial score (nSPS) is 10.9. The molecule has 0 bridgehead atoms. The van der Waals surface area contributed by atoms with Gasteiger partial charge in [-0.1, -0.05) is 17.7 Å². The van der Waals surface area contributed by atoms with E-state index in [0.29, 0.717) is 12.2 Å². The number of nitrogens with one attached hydrogen (secondary N) is 1. The number of hydrogen-bond donors (Lipinski definition) is 1. The first-order valence-electron chi connectivity index (χ1n) is 6.37. The minimum absolute atomic E-state index is 0.0996. The van der Waals surface area contributed by atoms with E-state index >= 15 is 0 Å². The lowest BCUT2D eigenvalue weighted by Crippen LogP contribution is -2.16. The van der Waals surface area contributed by atoms with Gasteiger partial charge in [0.2, 0.25) is 0 Å². The van der Waals surface area contributed by atoms with Gasteiger partial charge in [0.25, 0.3) is 5.69 Å². The summed E-state index contributed by atoms with van der Waals surface area (Å²) >= 11 is 7.46. The first kappa shape index (κ1) is 15.8. The maximum atomic E-state index is 11.1. The van der Waals surface area contributed by atoms with E-state index in [1.54, 1.807) is 30.5 Å². The zero-order chi connectivity index (χ0) is 15.4. The number of thiophene rings is 1. The highest BCUT2D eigenvalue weighted by molar-refractivity contribution is 7.16. The summed E-state index contributed by atoms with van der Waals surface area (Å²) in [6, 6.07) is 9.13.